The summed E-state index contributed by atoms with van der Waals surface area (Å²) in [6, 6.07) is 4.35. The van der Waals surface area contributed by atoms with Crippen LogP contribution in [0.5, 0.6) is 5.75 Å². The molecule has 1 aromatic carbocycles. The maximum Gasteiger partial charge on any atom is 0.335 e. The molecule has 1 unspecified atom stereocenters. The monoisotopic (exact) mass is 265 g/mol. The Morgan fingerprint density at radius 3 is 2.37 bits per heavy atom. The third-order valence-electron chi connectivity index (χ3n) is 3.12. The lowest BCUT2D eigenvalue weighted by atomic mass is 9.97. The van der Waals surface area contributed by atoms with Gasteiger partial charge in [0, 0.05) is 5.92 Å². The third-order valence-corrected chi connectivity index (χ3v) is 3.12. The highest BCUT2D eigenvalue weighted by atomic mass is 16.5. The van der Waals surface area contributed by atoms with Crippen molar-refractivity contribution in [3.63, 3.8) is 0 Å². The summed E-state index contributed by atoms with van der Waals surface area (Å²) in [6.07, 6.45) is 0. The fourth-order valence-corrected chi connectivity index (χ4v) is 1.48. The number of ether oxygens (including phenoxy) is 1. The van der Waals surface area contributed by atoms with Gasteiger partial charge in [0.05, 0.1) is 18.4 Å². The van der Waals surface area contributed by atoms with E-state index >= 15 is 0 Å². The number of carbonyl (C=O) groups is 2. The number of aromatic carboxylic acids is 1. The molecule has 2 N–H and O–H groups in total. The minimum absolute atomic E-state index is 0.114. The Morgan fingerprint density at radius 2 is 1.89 bits per heavy atom. The molecule has 5 nitrogen and oxygen atoms in total. The lowest BCUT2D eigenvalue weighted by Gasteiger charge is -2.17. The Balaban J connectivity index is 2.95. The largest absolute Gasteiger partial charge is 0.495 e. The minimum Gasteiger partial charge on any atom is -0.495 e. The fraction of sp³-hybridized carbons (Fsp3) is 0.429. The van der Waals surface area contributed by atoms with Crippen LogP contribution in [0.1, 0.15) is 31.1 Å². The molecule has 0 aliphatic rings. The van der Waals surface area contributed by atoms with Crippen molar-refractivity contribution in [2.75, 3.05) is 12.4 Å². The maximum atomic E-state index is 12.0. The molecule has 0 spiro atoms. The second kappa shape index (κ2) is 6.22. The van der Waals surface area contributed by atoms with E-state index in [9.17, 15) is 9.59 Å². The van der Waals surface area contributed by atoms with Crippen molar-refractivity contribution in [1.82, 2.24) is 0 Å². The van der Waals surface area contributed by atoms with Crippen LogP contribution in [0.25, 0.3) is 0 Å². The van der Waals surface area contributed by atoms with Gasteiger partial charge < -0.3 is 15.2 Å². The van der Waals surface area contributed by atoms with Crippen LogP contribution >= 0.6 is 0 Å². The van der Waals surface area contributed by atoms with E-state index in [1.165, 1.54) is 25.3 Å². The van der Waals surface area contributed by atoms with Crippen molar-refractivity contribution in [2.45, 2.75) is 20.8 Å². The summed E-state index contributed by atoms with van der Waals surface area (Å²) in [7, 11) is 1.43. The molecular formula is C14H19NO4. The van der Waals surface area contributed by atoms with Crippen LogP contribution in [0.2, 0.25) is 0 Å². The summed E-state index contributed by atoms with van der Waals surface area (Å²) < 4.78 is 5.10. The summed E-state index contributed by atoms with van der Waals surface area (Å²) in [6.45, 7) is 5.78. The van der Waals surface area contributed by atoms with Gasteiger partial charge in [-0.25, -0.2) is 4.79 Å². The highest BCUT2D eigenvalue weighted by Gasteiger charge is 2.18. The van der Waals surface area contributed by atoms with Gasteiger partial charge >= 0.3 is 5.97 Å². The molecule has 0 saturated carbocycles. The number of amides is 1. The summed E-state index contributed by atoms with van der Waals surface area (Å²) in [5.41, 5.74) is 0.594. The zero-order valence-corrected chi connectivity index (χ0v) is 11.6. The molecule has 0 aromatic heterocycles. The van der Waals surface area contributed by atoms with Crippen molar-refractivity contribution in [2.24, 2.45) is 11.8 Å². The number of nitrogens with one attached hydrogen (secondary N) is 1. The van der Waals surface area contributed by atoms with Gasteiger partial charge in [0.1, 0.15) is 5.75 Å². The van der Waals surface area contributed by atoms with Crippen LogP contribution in [0, 0.1) is 11.8 Å². The quantitative estimate of drug-likeness (QED) is 0.858. The second-order valence-corrected chi connectivity index (χ2v) is 4.74. The molecule has 1 atom stereocenters. The summed E-state index contributed by atoms with van der Waals surface area (Å²) >= 11 is 0. The van der Waals surface area contributed by atoms with Gasteiger partial charge in [0.2, 0.25) is 5.91 Å². The molecular weight excluding hydrogens is 246 g/mol. The summed E-state index contributed by atoms with van der Waals surface area (Å²) in [5, 5.41) is 11.6. The smallest absolute Gasteiger partial charge is 0.335 e. The van der Waals surface area contributed by atoms with Crippen LogP contribution in [-0.4, -0.2) is 24.1 Å². The van der Waals surface area contributed by atoms with Crippen LogP contribution in [0.15, 0.2) is 18.2 Å². The van der Waals surface area contributed by atoms with E-state index in [2.05, 4.69) is 5.32 Å². The maximum absolute atomic E-state index is 12.0. The van der Waals surface area contributed by atoms with Crippen LogP contribution in [0.4, 0.5) is 5.69 Å². The van der Waals surface area contributed by atoms with Crippen molar-refractivity contribution in [1.29, 1.82) is 0 Å². The molecule has 5 heteroatoms. The lowest BCUT2D eigenvalue weighted by molar-refractivity contribution is -0.120. The van der Waals surface area contributed by atoms with E-state index < -0.39 is 5.97 Å². The molecule has 104 valence electrons. The van der Waals surface area contributed by atoms with Gasteiger partial charge in [-0.1, -0.05) is 20.8 Å². The molecule has 0 fully saturated rings. The predicted molar refractivity (Wildman–Crippen MR) is 72.6 cm³/mol. The zero-order chi connectivity index (χ0) is 14.6. The Bertz CT molecular complexity index is 482. The molecule has 1 amide bonds. The molecule has 19 heavy (non-hydrogen) atoms. The third kappa shape index (κ3) is 3.71. The van der Waals surface area contributed by atoms with Gasteiger partial charge in [-0.2, -0.15) is 0 Å². The van der Waals surface area contributed by atoms with Gasteiger partial charge in [-0.05, 0) is 24.1 Å². The Kier molecular flexibility index (Phi) is 4.92. The molecule has 0 heterocycles. The van der Waals surface area contributed by atoms with E-state index in [1.807, 2.05) is 20.8 Å². The number of methoxy groups -OCH3 is 1. The van der Waals surface area contributed by atoms with E-state index in [1.54, 1.807) is 0 Å². The molecule has 0 saturated heterocycles. The molecule has 0 aliphatic carbocycles. The normalized spacial score (nSPS) is 12.1. The van der Waals surface area contributed by atoms with Gasteiger partial charge in [0.25, 0.3) is 0 Å². The molecule has 0 radical (unpaired) electrons. The zero-order valence-electron chi connectivity index (χ0n) is 11.6. The summed E-state index contributed by atoms with van der Waals surface area (Å²) in [4.78, 5) is 22.8. The number of benzene rings is 1. The Morgan fingerprint density at radius 1 is 1.26 bits per heavy atom. The summed E-state index contributed by atoms with van der Waals surface area (Å²) in [5.74, 6) is -0.722. The Hall–Kier alpha value is -2.04. The first kappa shape index (κ1) is 15.0. The number of carbonyl (C=O) groups excluding carboxylic acids is 1. The highest BCUT2D eigenvalue weighted by molar-refractivity contribution is 5.95. The molecule has 0 bridgehead atoms. The van der Waals surface area contributed by atoms with Crippen molar-refractivity contribution in [3.05, 3.63) is 23.8 Å². The van der Waals surface area contributed by atoms with E-state index in [0.29, 0.717) is 11.4 Å². The number of hydrogen-bond donors (Lipinski definition) is 2. The van der Waals surface area contributed by atoms with E-state index in [4.69, 9.17) is 9.84 Å². The van der Waals surface area contributed by atoms with Crippen molar-refractivity contribution >= 4 is 17.6 Å². The number of rotatable bonds is 5. The van der Waals surface area contributed by atoms with E-state index in [0.717, 1.165) is 0 Å². The number of carboxylic acids is 1. The molecule has 1 rings (SSSR count). The van der Waals surface area contributed by atoms with Crippen LogP contribution < -0.4 is 10.1 Å². The number of anilines is 1. The average molecular weight is 265 g/mol. The fourth-order valence-electron chi connectivity index (χ4n) is 1.48. The predicted octanol–water partition coefficient (Wildman–Crippen LogP) is 2.62. The first-order chi connectivity index (χ1) is 8.86. The molecule has 1 aromatic rings. The first-order valence-corrected chi connectivity index (χ1v) is 6.09. The van der Waals surface area contributed by atoms with E-state index in [-0.39, 0.29) is 23.3 Å². The second-order valence-electron chi connectivity index (χ2n) is 4.74. The highest BCUT2D eigenvalue weighted by Crippen LogP contribution is 2.26. The average Bonchev–Trinajstić information content (AvgIpc) is 2.37. The topological polar surface area (TPSA) is 75.6 Å². The van der Waals surface area contributed by atoms with Gasteiger partial charge in [-0.3, -0.25) is 4.79 Å². The Labute approximate surface area is 112 Å². The minimum atomic E-state index is -1.04. The van der Waals surface area contributed by atoms with Crippen molar-refractivity contribution < 1.29 is 19.4 Å². The van der Waals surface area contributed by atoms with Crippen molar-refractivity contribution in [3.8, 4) is 5.75 Å². The first-order valence-electron chi connectivity index (χ1n) is 6.09. The SMILES string of the molecule is COc1cc(C(=O)O)ccc1NC(=O)C(C)C(C)C. The van der Waals surface area contributed by atoms with Crippen LogP contribution in [0.3, 0.4) is 0 Å². The van der Waals surface area contributed by atoms with Crippen LogP contribution in [-0.2, 0) is 4.79 Å². The standard InChI is InChI=1S/C14H19NO4/c1-8(2)9(3)13(16)15-11-6-5-10(14(17)18)7-12(11)19-4/h5-9H,1-4H3,(H,15,16)(H,17,18). The lowest BCUT2D eigenvalue weighted by Crippen LogP contribution is -2.24. The number of hydrogen-bond acceptors (Lipinski definition) is 3. The van der Waals surface area contributed by atoms with Gasteiger partial charge in [-0.15, -0.1) is 0 Å². The van der Waals surface area contributed by atoms with Gasteiger partial charge in [0.15, 0.2) is 0 Å². The number of carboxylic acid groups (broad SMARTS) is 1. The molecule has 0 aliphatic heterocycles.